The van der Waals surface area contributed by atoms with E-state index in [1.807, 2.05) is 37.3 Å². The summed E-state index contributed by atoms with van der Waals surface area (Å²) in [7, 11) is 0. The van der Waals surface area contributed by atoms with Gasteiger partial charge in [0, 0.05) is 6.54 Å². The summed E-state index contributed by atoms with van der Waals surface area (Å²) in [6, 6.07) is 18.3. The lowest BCUT2D eigenvalue weighted by Gasteiger charge is -2.10. The van der Waals surface area contributed by atoms with E-state index in [9.17, 15) is 4.79 Å². The van der Waals surface area contributed by atoms with Crippen LogP contribution in [0.2, 0.25) is 0 Å². The van der Waals surface area contributed by atoms with Gasteiger partial charge in [-0.05, 0) is 29.2 Å². The Morgan fingerprint density at radius 2 is 1.67 bits per heavy atom. The maximum absolute atomic E-state index is 11.8. The molecule has 2 rings (SSSR count). The zero-order valence-corrected chi connectivity index (χ0v) is 12.4. The highest BCUT2D eigenvalue weighted by atomic mass is 16.1. The molecule has 3 heteroatoms. The number of hydrogen-bond donors (Lipinski definition) is 2. The molecule has 3 nitrogen and oxygen atoms in total. The highest BCUT2D eigenvalue weighted by Crippen LogP contribution is 2.19. The van der Waals surface area contributed by atoms with Crippen molar-refractivity contribution < 1.29 is 4.79 Å². The Morgan fingerprint density at radius 1 is 1.05 bits per heavy atom. The molecule has 1 atom stereocenters. The van der Waals surface area contributed by atoms with Crippen LogP contribution in [0.15, 0.2) is 54.6 Å². The highest BCUT2D eigenvalue weighted by molar-refractivity contribution is 5.78. The van der Waals surface area contributed by atoms with Gasteiger partial charge in [-0.25, -0.2) is 0 Å². The van der Waals surface area contributed by atoms with Crippen LogP contribution >= 0.6 is 0 Å². The Labute approximate surface area is 126 Å². The molecule has 3 N–H and O–H groups in total. The third kappa shape index (κ3) is 4.72. The van der Waals surface area contributed by atoms with Gasteiger partial charge in [0.25, 0.3) is 0 Å². The normalized spacial score (nSPS) is 11.9. The third-order valence-corrected chi connectivity index (χ3v) is 3.48. The first kappa shape index (κ1) is 15.3. The topological polar surface area (TPSA) is 55.1 Å². The molecule has 0 bridgehead atoms. The number of nitrogens with one attached hydrogen (secondary N) is 1. The van der Waals surface area contributed by atoms with Gasteiger partial charge in [0.2, 0.25) is 5.91 Å². The van der Waals surface area contributed by atoms with Crippen LogP contribution in [-0.2, 0) is 11.2 Å². The molecule has 0 aliphatic rings. The second-order valence-corrected chi connectivity index (χ2v) is 5.38. The molecular formula is C18H22N2O. The Balaban J connectivity index is 1.92. The highest BCUT2D eigenvalue weighted by Gasteiger charge is 2.06. The summed E-state index contributed by atoms with van der Waals surface area (Å²) in [6.45, 7) is 3.25. The zero-order valence-electron chi connectivity index (χ0n) is 12.4. The average molecular weight is 282 g/mol. The molecular weight excluding hydrogens is 260 g/mol. The second-order valence-electron chi connectivity index (χ2n) is 5.38. The summed E-state index contributed by atoms with van der Waals surface area (Å²) in [5.74, 6) is 0.358. The minimum Gasteiger partial charge on any atom is -0.356 e. The SMILES string of the molecule is CC(CN)CNC(=O)Cc1ccc(-c2ccccc2)cc1. The standard InChI is InChI=1S/C18H22N2O/c1-14(12-19)13-20-18(21)11-15-7-9-17(10-8-15)16-5-3-2-4-6-16/h2-10,14H,11-13,19H2,1H3,(H,20,21). The predicted molar refractivity (Wildman–Crippen MR) is 86.8 cm³/mol. The van der Waals surface area contributed by atoms with Crippen LogP contribution in [-0.4, -0.2) is 19.0 Å². The zero-order chi connectivity index (χ0) is 15.1. The van der Waals surface area contributed by atoms with Crippen LogP contribution in [0.5, 0.6) is 0 Å². The molecule has 0 fully saturated rings. The Kier molecular flexibility index (Phi) is 5.52. The number of carbonyl (C=O) groups is 1. The van der Waals surface area contributed by atoms with Crippen LogP contribution < -0.4 is 11.1 Å². The third-order valence-electron chi connectivity index (χ3n) is 3.48. The fourth-order valence-electron chi connectivity index (χ4n) is 2.06. The lowest BCUT2D eigenvalue weighted by molar-refractivity contribution is -0.120. The minimum atomic E-state index is 0.0442. The summed E-state index contributed by atoms with van der Waals surface area (Å²) in [6.07, 6.45) is 0.409. The van der Waals surface area contributed by atoms with Crippen molar-refractivity contribution in [1.82, 2.24) is 5.32 Å². The van der Waals surface area contributed by atoms with E-state index in [1.54, 1.807) is 0 Å². The lowest BCUT2D eigenvalue weighted by atomic mass is 10.0. The van der Waals surface area contributed by atoms with Crippen molar-refractivity contribution in [1.29, 1.82) is 0 Å². The van der Waals surface area contributed by atoms with E-state index in [0.29, 0.717) is 25.4 Å². The van der Waals surface area contributed by atoms with E-state index in [-0.39, 0.29) is 5.91 Å². The second kappa shape index (κ2) is 7.60. The van der Waals surface area contributed by atoms with Crippen LogP contribution in [0.4, 0.5) is 0 Å². The van der Waals surface area contributed by atoms with E-state index < -0.39 is 0 Å². The number of rotatable bonds is 6. The Hall–Kier alpha value is -2.13. The summed E-state index contributed by atoms with van der Waals surface area (Å²) < 4.78 is 0. The molecule has 0 aliphatic heterocycles. The van der Waals surface area contributed by atoms with Crippen LogP contribution in [0.3, 0.4) is 0 Å². The van der Waals surface area contributed by atoms with Gasteiger partial charge < -0.3 is 11.1 Å². The summed E-state index contributed by atoms with van der Waals surface area (Å²) in [5, 5.41) is 2.91. The molecule has 0 saturated heterocycles. The van der Waals surface area contributed by atoms with Gasteiger partial charge in [-0.1, -0.05) is 61.5 Å². The molecule has 0 saturated carbocycles. The Morgan fingerprint density at radius 3 is 2.29 bits per heavy atom. The van der Waals surface area contributed by atoms with E-state index in [4.69, 9.17) is 5.73 Å². The monoisotopic (exact) mass is 282 g/mol. The maximum Gasteiger partial charge on any atom is 0.224 e. The summed E-state index contributed by atoms with van der Waals surface area (Å²) in [5.41, 5.74) is 8.90. The molecule has 21 heavy (non-hydrogen) atoms. The van der Waals surface area contributed by atoms with Crippen molar-refractivity contribution in [2.45, 2.75) is 13.3 Å². The van der Waals surface area contributed by atoms with Gasteiger partial charge in [0.15, 0.2) is 0 Å². The molecule has 1 amide bonds. The van der Waals surface area contributed by atoms with E-state index in [1.165, 1.54) is 5.56 Å². The first-order chi connectivity index (χ1) is 10.2. The van der Waals surface area contributed by atoms with E-state index in [2.05, 4.69) is 29.6 Å². The molecule has 2 aromatic carbocycles. The number of nitrogens with two attached hydrogens (primary N) is 1. The smallest absolute Gasteiger partial charge is 0.224 e. The fourth-order valence-corrected chi connectivity index (χ4v) is 2.06. The molecule has 2 aromatic rings. The number of hydrogen-bond acceptors (Lipinski definition) is 2. The van der Waals surface area contributed by atoms with Crippen LogP contribution in [0.1, 0.15) is 12.5 Å². The summed E-state index contributed by atoms with van der Waals surface area (Å²) in [4.78, 5) is 11.8. The molecule has 0 heterocycles. The average Bonchev–Trinajstić information content (AvgIpc) is 2.54. The Bertz CT molecular complexity index is 564. The largest absolute Gasteiger partial charge is 0.356 e. The van der Waals surface area contributed by atoms with E-state index in [0.717, 1.165) is 11.1 Å². The minimum absolute atomic E-state index is 0.0442. The van der Waals surface area contributed by atoms with Gasteiger partial charge in [-0.3, -0.25) is 4.79 Å². The van der Waals surface area contributed by atoms with Gasteiger partial charge in [-0.15, -0.1) is 0 Å². The maximum atomic E-state index is 11.8. The molecule has 0 radical (unpaired) electrons. The van der Waals surface area contributed by atoms with Crippen molar-refractivity contribution >= 4 is 5.91 Å². The lowest BCUT2D eigenvalue weighted by Crippen LogP contribution is -2.32. The van der Waals surface area contributed by atoms with Gasteiger partial charge in [0.05, 0.1) is 6.42 Å². The van der Waals surface area contributed by atoms with Crippen molar-refractivity contribution in [3.8, 4) is 11.1 Å². The predicted octanol–water partition coefficient (Wildman–Crippen LogP) is 2.61. The van der Waals surface area contributed by atoms with Gasteiger partial charge in [-0.2, -0.15) is 0 Å². The number of carbonyl (C=O) groups excluding carboxylic acids is 1. The number of amides is 1. The quantitative estimate of drug-likeness (QED) is 0.855. The van der Waals surface area contributed by atoms with Crippen molar-refractivity contribution in [2.75, 3.05) is 13.1 Å². The molecule has 0 aliphatic carbocycles. The van der Waals surface area contributed by atoms with E-state index >= 15 is 0 Å². The molecule has 110 valence electrons. The number of benzene rings is 2. The first-order valence-corrected chi connectivity index (χ1v) is 7.30. The van der Waals surface area contributed by atoms with Crippen molar-refractivity contribution in [3.63, 3.8) is 0 Å². The van der Waals surface area contributed by atoms with Gasteiger partial charge in [0.1, 0.15) is 0 Å². The summed E-state index contributed by atoms with van der Waals surface area (Å²) >= 11 is 0. The molecule has 0 spiro atoms. The van der Waals surface area contributed by atoms with Crippen molar-refractivity contribution in [2.24, 2.45) is 11.7 Å². The molecule has 1 unspecified atom stereocenters. The van der Waals surface area contributed by atoms with Crippen molar-refractivity contribution in [3.05, 3.63) is 60.2 Å². The van der Waals surface area contributed by atoms with Gasteiger partial charge >= 0.3 is 0 Å². The molecule has 0 aromatic heterocycles. The van der Waals surface area contributed by atoms with Crippen LogP contribution in [0.25, 0.3) is 11.1 Å². The van der Waals surface area contributed by atoms with Crippen LogP contribution in [0, 0.1) is 5.92 Å². The first-order valence-electron chi connectivity index (χ1n) is 7.30. The fraction of sp³-hybridized carbons (Fsp3) is 0.278.